The zero-order valence-electron chi connectivity index (χ0n) is 16.0. The van der Waals surface area contributed by atoms with Crippen LogP contribution in [0.5, 0.6) is 5.75 Å². The molecule has 1 aromatic carbocycles. The van der Waals surface area contributed by atoms with Crippen LogP contribution in [0.15, 0.2) is 53.0 Å². The predicted octanol–water partition coefficient (Wildman–Crippen LogP) is 1.99. The topological polar surface area (TPSA) is 87.7 Å². The van der Waals surface area contributed by atoms with E-state index in [1.54, 1.807) is 0 Å². The summed E-state index contributed by atoms with van der Waals surface area (Å²) in [6.07, 6.45) is 4.80. The van der Waals surface area contributed by atoms with Crippen LogP contribution in [-0.2, 0) is 17.9 Å². The average molecular weight is 393 g/mol. The summed E-state index contributed by atoms with van der Waals surface area (Å²) in [6.45, 7) is 2.39. The van der Waals surface area contributed by atoms with E-state index in [0.717, 1.165) is 29.9 Å². The predicted molar refractivity (Wildman–Crippen MR) is 107 cm³/mol. The summed E-state index contributed by atoms with van der Waals surface area (Å²) in [5.41, 5.74) is 2.33. The van der Waals surface area contributed by atoms with E-state index >= 15 is 0 Å². The summed E-state index contributed by atoms with van der Waals surface area (Å²) < 4.78 is 11.8. The number of β-amino-alcohol motifs (C(OH)–C–C–N with tert-alkyl or cyclic N) is 1. The second kappa shape index (κ2) is 7.50. The molecule has 0 amide bonds. The van der Waals surface area contributed by atoms with Gasteiger partial charge in [-0.3, -0.25) is 9.69 Å². The third kappa shape index (κ3) is 3.71. The van der Waals surface area contributed by atoms with Gasteiger partial charge in [0.15, 0.2) is 0 Å². The largest absolute Gasteiger partial charge is 0.489 e. The van der Waals surface area contributed by atoms with Gasteiger partial charge in [0, 0.05) is 25.1 Å². The summed E-state index contributed by atoms with van der Waals surface area (Å²) in [5, 5.41) is 9.72. The molecule has 0 radical (unpaired) electrons. The molecule has 29 heavy (non-hydrogen) atoms. The zero-order chi connectivity index (χ0) is 19.8. The Morgan fingerprint density at radius 2 is 2.17 bits per heavy atom. The first-order valence-electron chi connectivity index (χ1n) is 9.95. The molecule has 1 aliphatic carbocycles. The summed E-state index contributed by atoms with van der Waals surface area (Å²) >= 11 is 0. The van der Waals surface area contributed by atoms with E-state index in [-0.39, 0.29) is 23.5 Å². The number of hydrogen-bond acceptors (Lipinski definition) is 6. The van der Waals surface area contributed by atoms with Crippen molar-refractivity contribution < 1.29 is 14.6 Å². The van der Waals surface area contributed by atoms with Crippen molar-refractivity contribution >= 4 is 5.57 Å². The van der Waals surface area contributed by atoms with Crippen LogP contribution in [0.25, 0.3) is 5.57 Å². The second-order valence-corrected chi connectivity index (χ2v) is 7.69. The summed E-state index contributed by atoms with van der Waals surface area (Å²) in [4.78, 5) is 22.1. The van der Waals surface area contributed by atoms with Crippen LogP contribution in [0.3, 0.4) is 0 Å². The summed E-state index contributed by atoms with van der Waals surface area (Å²) in [7, 11) is 0. The fraction of sp³-hybridized carbons (Fsp3) is 0.364. The van der Waals surface area contributed by atoms with Crippen molar-refractivity contribution in [2.24, 2.45) is 0 Å². The van der Waals surface area contributed by atoms with Crippen LogP contribution in [0.2, 0.25) is 0 Å². The van der Waals surface area contributed by atoms with E-state index in [1.807, 2.05) is 42.5 Å². The molecule has 2 N–H and O–H groups in total. The molecule has 1 aromatic heterocycles. The van der Waals surface area contributed by atoms with E-state index in [9.17, 15) is 9.90 Å². The molecule has 0 bridgehead atoms. The smallest absolute Gasteiger partial charge is 0.294 e. The maximum absolute atomic E-state index is 12.5. The fourth-order valence-corrected chi connectivity index (χ4v) is 4.03. The Bertz CT molecular complexity index is 1030. The lowest BCUT2D eigenvalue weighted by atomic mass is 9.99. The first-order chi connectivity index (χ1) is 14.2. The van der Waals surface area contributed by atoms with Crippen molar-refractivity contribution in [2.75, 3.05) is 13.1 Å². The first kappa shape index (κ1) is 18.1. The number of aromatic amines is 1. The third-order valence-electron chi connectivity index (χ3n) is 5.51. The molecule has 2 aliphatic heterocycles. The number of aromatic nitrogens is 2. The van der Waals surface area contributed by atoms with E-state index < -0.39 is 0 Å². The zero-order valence-corrected chi connectivity index (χ0v) is 16.0. The van der Waals surface area contributed by atoms with Crippen LogP contribution in [0.4, 0.5) is 0 Å². The maximum Gasteiger partial charge on any atom is 0.294 e. The Kier molecular flexibility index (Phi) is 4.69. The molecule has 7 nitrogen and oxygen atoms in total. The number of nitrogens with one attached hydrogen (secondary N) is 1. The quantitative estimate of drug-likeness (QED) is 0.808. The van der Waals surface area contributed by atoms with Crippen molar-refractivity contribution in [1.82, 2.24) is 14.9 Å². The number of H-pyrrole nitrogens is 1. The van der Waals surface area contributed by atoms with Crippen molar-refractivity contribution in [2.45, 2.75) is 38.2 Å². The molecule has 1 saturated heterocycles. The molecule has 2 aromatic rings. The minimum absolute atomic E-state index is 0.202. The number of allylic oxidation sites excluding steroid dienone is 1. The van der Waals surface area contributed by atoms with E-state index in [0.29, 0.717) is 37.6 Å². The Morgan fingerprint density at radius 3 is 2.97 bits per heavy atom. The van der Waals surface area contributed by atoms with Gasteiger partial charge in [-0.1, -0.05) is 30.3 Å². The standard InChI is InChI=1S/C22H23N3O4/c26-15-8-9-25(11-15)12-19-23-20-17-10-16(28-13-14-4-2-1-3-5-14)6-7-18(17)29-21(20)22(27)24-19/h1-6,10,15,18,26H,7-9,11-13H2,(H,23,24,27)/t15-,18?/m0/s1. The van der Waals surface area contributed by atoms with Gasteiger partial charge in [-0.05, 0) is 24.1 Å². The third-order valence-corrected chi connectivity index (χ3v) is 5.51. The molecule has 2 atom stereocenters. The summed E-state index contributed by atoms with van der Waals surface area (Å²) in [6, 6.07) is 10.00. The molecule has 0 saturated carbocycles. The van der Waals surface area contributed by atoms with Gasteiger partial charge in [0.05, 0.1) is 12.6 Å². The molecular formula is C22H23N3O4. The van der Waals surface area contributed by atoms with Crippen LogP contribution in [0, 0.1) is 0 Å². The molecule has 5 rings (SSSR count). The van der Waals surface area contributed by atoms with Crippen molar-refractivity contribution in [3.63, 3.8) is 0 Å². The molecule has 3 heterocycles. The molecule has 3 aliphatic rings. The van der Waals surface area contributed by atoms with E-state index in [2.05, 4.69) is 14.9 Å². The van der Waals surface area contributed by atoms with Gasteiger partial charge in [-0.15, -0.1) is 0 Å². The number of likely N-dealkylation sites (tertiary alicyclic amines) is 1. The molecular weight excluding hydrogens is 370 g/mol. The van der Waals surface area contributed by atoms with Gasteiger partial charge in [-0.2, -0.15) is 0 Å². The highest BCUT2D eigenvalue weighted by Crippen LogP contribution is 2.38. The number of rotatable bonds is 5. The van der Waals surface area contributed by atoms with Gasteiger partial charge in [0.1, 0.15) is 30.0 Å². The molecule has 0 spiro atoms. The van der Waals surface area contributed by atoms with Gasteiger partial charge >= 0.3 is 0 Å². The Balaban J connectivity index is 1.36. The fourth-order valence-electron chi connectivity index (χ4n) is 4.03. The lowest BCUT2D eigenvalue weighted by molar-refractivity contribution is 0.174. The van der Waals surface area contributed by atoms with Crippen molar-refractivity contribution in [3.05, 3.63) is 75.7 Å². The monoisotopic (exact) mass is 393 g/mol. The van der Waals surface area contributed by atoms with Gasteiger partial charge in [0.2, 0.25) is 5.75 Å². The number of aliphatic hydroxyl groups is 1. The van der Waals surface area contributed by atoms with E-state index in [4.69, 9.17) is 9.47 Å². The molecule has 7 heteroatoms. The van der Waals surface area contributed by atoms with Gasteiger partial charge in [-0.25, -0.2) is 4.98 Å². The number of ether oxygens (including phenoxy) is 2. The Labute approximate surface area is 168 Å². The van der Waals surface area contributed by atoms with Crippen LogP contribution in [0.1, 0.15) is 29.9 Å². The maximum atomic E-state index is 12.5. The Morgan fingerprint density at radius 1 is 1.31 bits per heavy atom. The van der Waals surface area contributed by atoms with Gasteiger partial charge < -0.3 is 19.6 Å². The highest BCUT2D eigenvalue weighted by atomic mass is 16.5. The number of benzene rings is 1. The van der Waals surface area contributed by atoms with Crippen LogP contribution in [-0.4, -0.2) is 45.3 Å². The normalized spacial score (nSPS) is 23.1. The van der Waals surface area contributed by atoms with Crippen LogP contribution >= 0.6 is 0 Å². The SMILES string of the molecule is O=c1[nH]c(CN2CC[C@H](O)C2)nc2c1OC1CC=C(OCc3ccccc3)C=C21. The minimum Gasteiger partial charge on any atom is -0.489 e. The lowest BCUT2D eigenvalue weighted by Gasteiger charge is -2.17. The molecule has 1 unspecified atom stereocenters. The Hall–Kier alpha value is -2.90. The molecule has 1 fully saturated rings. The second-order valence-electron chi connectivity index (χ2n) is 7.69. The minimum atomic E-state index is -0.306. The first-order valence-corrected chi connectivity index (χ1v) is 9.95. The van der Waals surface area contributed by atoms with Crippen LogP contribution < -0.4 is 10.3 Å². The number of nitrogens with zero attached hydrogens (tertiary/aromatic N) is 2. The summed E-state index contributed by atoms with van der Waals surface area (Å²) in [5.74, 6) is 1.64. The number of aliphatic hydroxyl groups excluding tert-OH is 1. The highest BCUT2D eigenvalue weighted by Gasteiger charge is 2.35. The number of hydrogen-bond donors (Lipinski definition) is 2. The van der Waals surface area contributed by atoms with Gasteiger partial charge in [0.25, 0.3) is 5.56 Å². The van der Waals surface area contributed by atoms with E-state index in [1.165, 1.54) is 0 Å². The average Bonchev–Trinajstić information content (AvgIpc) is 3.30. The molecule has 150 valence electrons. The lowest BCUT2D eigenvalue weighted by Crippen LogP contribution is -2.25. The number of fused-ring (bicyclic) bond motifs is 3. The van der Waals surface area contributed by atoms with Crippen molar-refractivity contribution in [3.8, 4) is 5.75 Å². The van der Waals surface area contributed by atoms with Crippen molar-refractivity contribution in [1.29, 1.82) is 0 Å². The highest BCUT2D eigenvalue weighted by molar-refractivity contribution is 5.77.